The van der Waals surface area contributed by atoms with Crippen molar-refractivity contribution in [3.05, 3.63) is 65.4 Å². The number of benzene rings is 2. The number of fused-ring (bicyclic) bond motifs is 1. The maximum atomic E-state index is 12.4. The van der Waals surface area contributed by atoms with Crippen molar-refractivity contribution in [3.63, 3.8) is 0 Å². The number of carboxylic acids is 2. The van der Waals surface area contributed by atoms with E-state index in [1.54, 1.807) is 19.1 Å². The zero-order valence-electron chi connectivity index (χ0n) is 14.5. The Morgan fingerprint density at radius 2 is 1.70 bits per heavy atom. The Hall–Kier alpha value is -3.61. The average Bonchev–Trinajstić information content (AvgIpc) is 2.92. The largest absolute Gasteiger partial charge is 0.481 e. The van der Waals surface area contributed by atoms with Gasteiger partial charge in [0.25, 0.3) is 5.78 Å². The Labute approximate surface area is 154 Å². The zero-order chi connectivity index (χ0) is 19.6. The maximum Gasteiger partial charge on any atom is 0.377 e. The van der Waals surface area contributed by atoms with Gasteiger partial charge in [0.15, 0.2) is 6.61 Å². The van der Waals surface area contributed by atoms with Gasteiger partial charge in [-0.2, -0.15) is 0 Å². The molecule has 27 heavy (non-hydrogen) atoms. The zero-order valence-corrected chi connectivity index (χ0v) is 14.5. The van der Waals surface area contributed by atoms with E-state index in [1.165, 1.54) is 6.07 Å². The van der Waals surface area contributed by atoms with Gasteiger partial charge < -0.3 is 19.5 Å². The number of rotatable bonds is 7. The van der Waals surface area contributed by atoms with Gasteiger partial charge in [0.05, 0.1) is 16.5 Å². The fourth-order valence-corrected chi connectivity index (χ4v) is 3.11. The van der Waals surface area contributed by atoms with Crippen LogP contribution in [0, 0.1) is 6.92 Å². The summed E-state index contributed by atoms with van der Waals surface area (Å²) in [7, 11) is 0. The van der Waals surface area contributed by atoms with E-state index < -0.39 is 24.3 Å². The van der Waals surface area contributed by atoms with E-state index in [2.05, 4.69) is 0 Å². The van der Waals surface area contributed by atoms with Crippen LogP contribution in [0.2, 0.25) is 0 Å². The second-order valence-electron chi connectivity index (χ2n) is 6.00. The maximum absolute atomic E-state index is 12.4. The van der Waals surface area contributed by atoms with Crippen LogP contribution >= 0.6 is 0 Å². The van der Waals surface area contributed by atoms with Crippen molar-refractivity contribution in [2.45, 2.75) is 13.5 Å². The number of aliphatic carboxylic acids is 2. The molecule has 0 bridgehead atoms. The molecule has 3 aromatic rings. The first-order valence-corrected chi connectivity index (χ1v) is 8.18. The Balaban J connectivity index is 2.23. The minimum Gasteiger partial charge on any atom is -0.481 e. The Bertz CT molecular complexity index is 1040. The van der Waals surface area contributed by atoms with Gasteiger partial charge >= 0.3 is 11.9 Å². The summed E-state index contributed by atoms with van der Waals surface area (Å²) in [6, 6.07) is 14.5. The fraction of sp³-hybridized carbons (Fsp3) is 0.150. The summed E-state index contributed by atoms with van der Waals surface area (Å²) in [5, 5.41) is 18.4. The SMILES string of the molecule is Cc1c(C(=O)C(=O)O)c2c(OCC(=O)O)cccc2n1Cc1ccccc1. The summed E-state index contributed by atoms with van der Waals surface area (Å²) in [6.07, 6.45) is 0. The predicted octanol–water partition coefficient (Wildman–Crippen LogP) is 2.73. The molecule has 0 aliphatic rings. The number of nitrogens with zero attached hydrogens (tertiary/aromatic N) is 1. The van der Waals surface area contributed by atoms with E-state index in [1.807, 2.05) is 34.9 Å². The number of aromatic nitrogens is 1. The summed E-state index contributed by atoms with van der Waals surface area (Å²) in [6.45, 7) is 1.50. The summed E-state index contributed by atoms with van der Waals surface area (Å²) in [4.78, 5) is 34.6. The first-order chi connectivity index (χ1) is 12.9. The molecular weight excluding hydrogens is 350 g/mol. The van der Waals surface area contributed by atoms with Gasteiger partial charge in [-0.15, -0.1) is 0 Å². The number of Topliss-reactive ketones (excluding diaryl/α,β-unsaturated/α-hetero) is 1. The molecule has 0 radical (unpaired) electrons. The Morgan fingerprint density at radius 1 is 1.00 bits per heavy atom. The van der Waals surface area contributed by atoms with Crippen LogP contribution < -0.4 is 4.74 Å². The van der Waals surface area contributed by atoms with E-state index in [9.17, 15) is 19.5 Å². The minimum absolute atomic E-state index is 0.00872. The molecule has 1 aromatic heterocycles. The lowest BCUT2D eigenvalue weighted by atomic mass is 10.1. The first kappa shape index (κ1) is 18.2. The van der Waals surface area contributed by atoms with Crippen molar-refractivity contribution in [2.24, 2.45) is 0 Å². The van der Waals surface area contributed by atoms with E-state index in [0.29, 0.717) is 23.1 Å². The van der Waals surface area contributed by atoms with Gasteiger partial charge in [-0.1, -0.05) is 36.4 Å². The van der Waals surface area contributed by atoms with Crippen LogP contribution in [0.25, 0.3) is 10.9 Å². The van der Waals surface area contributed by atoms with Crippen LogP contribution in [0.1, 0.15) is 21.6 Å². The molecule has 7 heteroatoms. The third-order valence-corrected chi connectivity index (χ3v) is 4.27. The number of hydrogen-bond donors (Lipinski definition) is 2. The third kappa shape index (κ3) is 3.52. The summed E-state index contributed by atoms with van der Waals surface area (Å²) in [5.41, 5.74) is 2.06. The van der Waals surface area contributed by atoms with Crippen molar-refractivity contribution < 1.29 is 29.3 Å². The lowest BCUT2D eigenvalue weighted by molar-refractivity contribution is -0.139. The van der Waals surface area contributed by atoms with Crippen LogP contribution in [0.15, 0.2) is 48.5 Å². The normalized spacial score (nSPS) is 10.7. The molecule has 138 valence electrons. The van der Waals surface area contributed by atoms with Gasteiger partial charge in [-0.3, -0.25) is 4.79 Å². The van der Waals surface area contributed by atoms with Crippen molar-refractivity contribution in [1.29, 1.82) is 0 Å². The molecule has 0 aliphatic heterocycles. The third-order valence-electron chi connectivity index (χ3n) is 4.27. The lowest BCUT2D eigenvalue weighted by Crippen LogP contribution is -2.15. The molecule has 0 spiro atoms. The van der Waals surface area contributed by atoms with Gasteiger partial charge in [0.1, 0.15) is 5.75 Å². The topological polar surface area (TPSA) is 106 Å². The molecule has 2 N–H and O–H groups in total. The highest BCUT2D eigenvalue weighted by Crippen LogP contribution is 2.34. The number of hydrogen-bond acceptors (Lipinski definition) is 4. The highest BCUT2D eigenvalue weighted by Gasteiger charge is 2.27. The molecule has 2 aromatic carbocycles. The monoisotopic (exact) mass is 367 g/mol. The first-order valence-electron chi connectivity index (χ1n) is 8.18. The number of carboxylic acid groups (broad SMARTS) is 2. The molecule has 0 saturated carbocycles. The van der Waals surface area contributed by atoms with Crippen LogP contribution in [-0.2, 0) is 16.1 Å². The Morgan fingerprint density at radius 3 is 2.33 bits per heavy atom. The Kier molecular flexibility index (Phi) is 4.94. The molecular formula is C20H17NO6. The summed E-state index contributed by atoms with van der Waals surface area (Å²) < 4.78 is 7.14. The molecule has 0 atom stereocenters. The van der Waals surface area contributed by atoms with Crippen molar-refractivity contribution in [1.82, 2.24) is 4.57 Å². The number of ether oxygens (including phenoxy) is 1. The molecule has 0 amide bonds. The van der Waals surface area contributed by atoms with Crippen molar-refractivity contribution in [2.75, 3.05) is 6.61 Å². The lowest BCUT2D eigenvalue weighted by Gasteiger charge is -2.09. The molecule has 0 aliphatic carbocycles. The van der Waals surface area contributed by atoms with Crippen LogP contribution in [-0.4, -0.2) is 39.1 Å². The second-order valence-corrected chi connectivity index (χ2v) is 6.00. The quantitative estimate of drug-likeness (QED) is 0.491. The van der Waals surface area contributed by atoms with E-state index in [-0.39, 0.29) is 11.3 Å². The molecule has 0 unspecified atom stereocenters. The molecule has 7 nitrogen and oxygen atoms in total. The van der Waals surface area contributed by atoms with Crippen molar-refractivity contribution >= 4 is 28.6 Å². The number of carbonyl (C=O) groups excluding carboxylic acids is 1. The van der Waals surface area contributed by atoms with Crippen LogP contribution in [0.3, 0.4) is 0 Å². The highest BCUT2D eigenvalue weighted by atomic mass is 16.5. The van der Waals surface area contributed by atoms with Crippen LogP contribution in [0.4, 0.5) is 0 Å². The van der Waals surface area contributed by atoms with E-state index in [4.69, 9.17) is 9.84 Å². The second kappa shape index (κ2) is 7.33. The molecule has 1 heterocycles. The van der Waals surface area contributed by atoms with E-state index in [0.717, 1.165) is 5.56 Å². The van der Waals surface area contributed by atoms with E-state index >= 15 is 0 Å². The average molecular weight is 367 g/mol. The van der Waals surface area contributed by atoms with Crippen LogP contribution in [0.5, 0.6) is 5.75 Å². The fourth-order valence-electron chi connectivity index (χ4n) is 3.11. The van der Waals surface area contributed by atoms with Crippen molar-refractivity contribution in [3.8, 4) is 5.75 Å². The highest BCUT2D eigenvalue weighted by molar-refractivity contribution is 6.43. The van der Waals surface area contributed by atoms with Gasteiger partial charge in [0.2, 0.25) is 0 Å². The van der Waals surface area contributed by atoms with Gasteiger partial charge in [0, 0.05) is 12.2 Å². The minimum atomic E-state index is -1.58. The molecule has 3 rings (SSSR count). The smallest absolute Gasteiger partial charge is 0.377 e. The standard InChI is InChI=1S/C20H17NO6/c1-12-17(19(24)20(25)26)18-14(8-5-9-15(18)27-11-16(22)23)21(12)10-13-6-3-2-4-7-13/h2-9H,10-11H2,1H3,(H,22,23)(H,25,26). The van der Waals surface area contributed by atoms with Gasteiger partial charge in [-0.05, 0) is 24.6 Å². The summed E-state index contributed by atoms with van der Waals surface area (Å²) >= 11 is 0. The summed E-state index contributed by atoms with van der Waals surface area (Å²) in [5.74, 6) is -3.64. The number of carbonyl (C=O) groups is 3. The molecule has 0 fully saturated rings. The van der Waals surface area contributed by atoms with Gasteiger partial charge in [-0.25, -0.2) is 9.59 Å². The number of ketones is 1. The predicted molar refractivity (Wildman–Crippen MR) is 97.3 cm³/mol. The molecule has 0 saturated heterocycles.